The molecule has 1 aliphatic carbocycles. The minimum Gasteiger partial charge on any atom is -0.372 e. The second-order valence-corrected chi connectivity index (χ2v) is 5.50. The lowest BCUT2D eigenvalue weighted by atomic mass is 10.1. The molecule has 6 nitrogen and oxygen atoms in total. The Morgan fingerprint density at radius 2 is 2.05 bits per heavy atom. The van der Waals surface area contributed by atoms with Crippen LogP contribution in [0, 0.1) is 0 Å². The van der Waals surface area contributed by atoms with Crippen molar-refractivity contribution in [1.29, 1.82) is 0 Å². The molecule has 2 fully saturated rings. The van der Waals surface area contributed by atoms with E-state index >= 15 is 0 Å². The maximum absolute atomic E-state index is 5.81. The highest BCUT2D eigenvalue weighted by Gasteiger charge is 2.26. The highest BCUT2D eigenvalue weighted by atomic mass is 16.5. The smallest absolute Gasteiger partial charge is 0.223 e. The molecule has 2 aromatic heterocycles. The molecule has 0 aromatic carbocycles. The van der Waals surface area contributed by atoms with Gasteiger partial charge in [0.2, 0.25) is 5.95 Å². The summed E-state index contributed by atoms with van der Waals surface area (Å²) < 4.78 is 5.81. The molecule has 21 heavy (non-hydrogen) atoms. The zero-order valence-electron chi connectivity index (χ0n) is 11.7. The van der Waals surface area contributed by atoms with Gasteiger partial charge in [-0.15, -0.1) is 0 Å². The Kier molecular flexibility index (Phi) is 3.23. The third kappa shape index (κ3) is 2.71. The fourth-order valence-electron chi connectivity index (χ4n) is 2.55. The third-order valence-electron chi connectivity index (χ3n) is 3.80. The number of anilines is 1. The van der Waals surface area contributed by atoms with Crippen molar-refractivity contribution in [3.8, 4) is 11.3 Å². The quantitative estimate of drug-likeness (QED) is 0.928. The molecular formula is C15H17N5O. The van der Waals surface area contributed by atoms with Crippen molar-refractivity contribution >= 4 is 5.95 Å². The molecule has 1 aliphatic heterocycles. The molecule has 0 amide bonds. The van der Waals surface area contributed by atoms with Crippen LogP contribution in [0.1, 0.15) is 37.5 Å². The molecule has 4 rings (SSSR count). The van der Waals surface area contributed by atoms with Gasteiger partial charge >= 0.3 is 0 Å². The molecule has 2 aromatic rings. The van der Waals surface area contributed by atoms with Crippen molar-refractivity contribution < 1.29 is 4.74 Å². The molecule has 108 valence electrons. The number of rotatable bonds is 4. The van der Waals surface area contributed by atoms with Gasteiger partial charge in [-0.2, -0.15) is 0 Å². The van der Waals surface area contributed by atoms with E-state index in [9.17, 15) is 0 Å². The molecule has 3 heterocycles. The molecule has 1 saturated carbocycles. The van der Waals surface area contributed by atoms with Gasteiger partial charge in [0.15, 0.2) is 0 Å². The van der Waals surface area contributed by atoms with Crippen LogP contribution in [0.3, 0.4) is 0 Å². The van der Waals surface area contributed by atoms with Gasteiger partial charge < -0.3 is 10.1 Å². The standard InChI is InChI=1S/C15H17N5O/c1-2-13(21-7-1)14-11(12-9-16-5-6-17-12)8-18-15(20-14)19-10-3-4-10/h5-6,8-10,13H,1-4,7H2,(H,18,19,20). The predicted octanol–water partition coefficient (Wildman–Crippen LogP) is 2.36. The number of nitrogens with zero attached hydrogens (tertiary/aromatic N) is 4. The highest BCUT2D eigenvalue weighted by molar-refractivity contribution is 5.61. The Bertz CT molecular complexity index is 623. The fraction of sp³-hybridized carbons (Fsp3) is 0.467. The van der Waals surface area contributed by atoms with Crippen LogP contribution < -0.4 is 5.32 Å². The number of ether oxygens (including phenoxy) is 1. The summed E-state index contributed by atoms with van der Waals surface area (Å²) in [6, 6.07) is 0.532. The lowest BCUT2D eigenvalue weighted by Gasteiger charge is -2.15. The van der Waals surface area contributed by atoms with Crippen molar-refractivity contribution in [3.05, 3.63) is 30.5 Å². The van der Waals surface area contributed by atoms with Crippen molar-refractivity contribution in [3.63, 3.8) is 0 Å². The lowest BCUT2D eigenvalue weighted by Crippen LogP contribution is -2.10. The molecule has 1 unspecified atom stereocenters. The van der Waals surface area contributed by atoms with Crippen LogP contribution in [0.15, 0.2) is 24.8 Å². The normalized spacial score (nSPS) is 21.4. The fourth-order valence-corrected chi connectivity index (χ4v) is 2.55. The van der Waals surface area contributed by atoms with E-state index in [1.165, 1.54) is 12.8 Å². The first-order valence-corrected chi connectivity index (χ1v) is 7.41. The maximum Gasteiger partial charge on any atom is 0.223 e. The van der Waals surface area contributed by atoms with Gasteiger partial charge in [-0.1, -0.05) is 0 Å². The van der Waals surface area contributed by atoms with E-state index in [1.54, 1.807) is 18.6 Å². The van der Waals surface area contributed by atoms with Gasteiger partial charge in [-0.05, 0) is 25.7 Å². The molecule has 1 atom stereocenters. The lowest BCUT2D eigenvalue weighted by molar-refractivity contribution is 0.109. The van der Waals surface area contributed by atoms with Crippen LogP contribution in [-0.4, -0.2) is 32.6 Å². The van der Waals surface area contributed by atoms with Crippen molar-refractivity contribution in [1.82, 2.24) is 19.9 Å². The molecule has 0 radical (unpaired) electrons. The van der Waals surface area contributed by atoms with Gasteiger partial charge in [-0.25, -0.2) is 9.97 Å². The van der Waals surface area contributed by atoms with Gasteiger partial charge in [-0.3, -0.25) is 9.97 Å². The average Bonchev–Trinajstić information content (AvgIpc) is 3.18. The van der Waals surface area contributed by atoms with Gasteiger partial charge in [0.1, 0.15) is 6.10 Å². The number of hydrogen-bond donors (Lipinski definition) is 1. The Hall–Kier alpha value is -2.08. The summed E-state index contributed by atoms with van der Waals surface area (Å²) in [5.74, 6) is 0.690. The summed E-state index contributed by atoms with van der Waals surface area (Å²) in [5.41, 5.74) is 2.63. The van der Waals surface area contributed by atoms with Crippen molar-refractivity contribution in [2.24, 2.45) is 0 Å². The molecule has 0 spiro atoms. The molecule has 1 N–H and O–H groups in total. The zero-order valence-corrected chi connectivity index (χ0v) is 11.7. The highest BCUT2D eigenvalue weighted by Crippen LogP contribution is 2.34. The summed E-state index contributed by atoms with van der Waals surface area (Å²) in [6.45, 7) is 0.792. The van der Waals surface area contributed by atoms with E-state index in [-0.39, 0.29) is 6.10 Å². The number of aromatic nitrogens is 4. The minimum atomic E-state index is 0.0322. The molecule has 2 aliphatic rings. The number of hydrogen-bond acceptors (Lipinski definition) is 6. The van der Waals surface area contributed by atoms with Crippen LogP contribution in [0.4, 0.5) is 5.95 Å². The summed E-state index contributed by atoms with van der Waals surface area (Å²) in [4.78, 5) is 17.6. The van der Waals surface area contributed by atoms with Crippen LogP contribution >= 0.6 is 0 Å². The third-order valence-corrected chi connectivity index (χ3v) is 3.80. The Morgan fingerprint density at radius 3 is 2.76 bits per heavy atom. The van der Waals surface area contributed by atoms with Crippen LogP contribution in [0.25, 0.3) is 11.3 Å². The maximum atomic E-state index is 5.81. The summed E-state index contributed by atoms with van der Waals surface area (Å²) in [7, 11) is 0. The summed E-state index contributed by atoms with van der Waals surface area (Å²) in [6.07, 6.45) is 11.4. The second kappa shape index (κ2) is 5.37. The van der Waals surface area contributed by atoms with E-state index in [0.717, 1.165) is 36.4 Å². The van der Waals surface area contributed by atoms with Gasteiger partial charge in [0.05, 0.1) is 17.6 Å². The first kappa shape index (κ1) is 12.6. The predicted molar refractivity (Wildman–Crippen MR) is 77.6 cm³/mol. The van der Waals surface area contributed by atoms with Crippen molar-refractivity contribution in [2.45, 2.75) is 37.8 Å². The molecule has 1 saturated heterocycles. The minimum absolute atomic E-state index is 0.0322. The van der Waals surface area contributed by atoms with E-state index in [0.29, 0.717) is 12.0 Å². The van der Waals surface area contributed by atoms with Gasteiger partial charge in [0, 0.05) is 36.8 Å². The topological polar surface area (TPSA) is 72.8 Å². The van der Waals surface area contributed by atoms with E-state index in [2.05, 4.69) is 20.3 Å². The second-order valence-electron chi connectivity index (χ2n) is 5.50. The Balaban J connectivity index is 1.73. The number of nitrogens with one attached hydrogen (secondary N) is 1. The molecule has 6 heteroatoms. The first-order chi connectivity index (χ1) is 10.4. The molecule has 0 bridgehead atoms. The van der Waals surface area contributed by atoms with Crippen LogP contribution in [-0.2, 0) is 4.74 Å². The summed E-state index contributed by atoms with van der Waals surface area (Å²) in [5, 5.41) is 3.34. The zero-order chi connectivity index (χ0) is 14.1. The Morgan fingerprint density at radius 1 is 1.10 bits per heavy atom. The molecular weight excluding hydrogens is 266 g/mol. The monoisotopic (exact) mass is 283 g/mol. The largest absolute Gasteiger partial charge is 0.372 e. The van der Waals surface area contributed by atoms with Crippen molar-refractivity contribution in [2.75, 3.05) is 11.9 Å². The van der Waals surface area contributed by atoms with Gasteiger partial charge in [0.25, 0.3) is 0 Å². The van der Waals surface area contributed by atoms with E-state index < -0.39 is 0 Å². The summed E-state index contributed by atoms with van der Waals surface area (Å²) >= 11 is 0. The Labute approximate surface area is 123 Å². The SMILES string of the molecule is c1cnc(-c2cnc(NC3CC3)nc2C2CCCO2)cn1. The van der Waals surface area contributed by atoms with Crippen LogP contribution in [0.2, 0.25) is 0 Å². The van der Waals surface area contributed by atoms with E-state index in [1.807, 2.05) is 6.20 Å². The van der Waals surface area contributed by atoms with E-state index in [4.69, 9.17) is 9.72 Å². The van der Waals surface area contributed by atoms with Crippen LogP contribution in [0.5, 0.6) is 0 Å². The average molecular weight is 283 g/mol. The first-order valence-electron chi connectivity index (χ1n) is 7.41.